The fourth-order valence-corrected chi connectivity index (χ4v) is 1.02. The van der Waals surface area contributed by atoms with Crippen LogP contribution in [0.4, 0.5) is 4.48 Å². The molecule has 1 aromatic carbocycles. The molecule has 66 valence electrons. The maximum absolute atomic E-state index is 11.6. The van der Waals surface area contributed by atoms with Crippen molar-refractivity contribution in [2.75, 3.05) is 13.7 Å². The van der Waals surface area contributed by atoms with Gasteiger partial charge in [0.2, 0.25) is 0 Å². The monoisotopic (exact) mass is 169 g/mol. The molecule has 0 aliphatic carbocycles. The molecule has 0 aromatic heterocycles. The lowest BCUT2D eigenvalue weighted by molar-refractivity contribution is 0.337. The van der Waals surface area contributed by atoms with Crippen molar-refractivity contribution in [2.45, 2.75) is 6.42 Å². The Balaban J connectivity index is 2.60. The molecule has 1 N–H and O–H groups in total. The Bertz CT molecular complexity index is 240. The van der Waals surface area contributed by atoms with Crippen LogP contribution in [0.1, 0.15) is 5.56 Å². The normalized spacial score (nSPS) is 9.83. The summed E-state index contributed by atoms with van der Waals surface area (Å²) in [4.78, 5) is 0. The predicted octanol–water partition coefficient (Wildman–Crippen LogP) is 1.71. The third-order valence-corrected chi connectivity index (χ3v) is 1.64. The molecule has 0 amide bonds. The highest BCUT2D eigenvalue weighted by molar-refractivity contribution is 5.28. The van der Waals surface area contributed by atoms with Gasteiger partial charge in [0.1, 0.15) is 5.75 Å². The summed E-state index contributed by atoms with van der Waals surface area (Å²) in [5.74, 6) is 0.811. The van der Waals surface area contributed by atoms with Gasteiger partial charge in [-0.05, 0) is 24.1 Å². The third kappa shape index (κ3) is 2.51. The van der Waals surface area contributed by atoms with E-state index in [2.05, 4.69) is 0 Å². The molecule has 0 saturated carbocycles. The molecule has 0 atom stereocenters. The first-order valence-electron chi connectivity index (χ1n) is 3.83. The summed E-state index contributed by atoms with van der Waals surface area (Å²) in [5, 5.41) is 0. The van der Waals surface area contributed by atoms with Crippen molar-refractivity contribution >= 4 is 0 Å². The van der Waals surface area contributed by atoms with E-state index in [-0.39, 0.29) is 0 Å². The lowest BCUT2D eigenvalue weighted by Gasteiger charge is -2.02. The van der Waals surface area contributed by atoms with E-state index in [4.69, 9.17) is 4.74 Å². The van der Waals surface area contributed by atoms with Gasteiger partial charge in [0.05, 0.1) is 7.11 Å². The lowest BCUT2D eigenvalue weighted by atomic mass is 10.1. The first kappa shape index (κ1) is 9.00. The molecule has 12 heavy (non-hydrogen) atoms. The van der Waals surface area contributed by atoms with E-state index in [1.54, 1.807) is 12.6 Å². The summed E-state index contributed by atoms with van der Waals surface area (Å²) >= 11 is 0. The van der Waals surface area contributed by atoms with Gasteiger partial charge in [0, 0.05) is 6.54 Å². The Kier molecular flexibility index (Phi) is 3.54. The van der Waals surface area contributed by atoms with Crippen LogP contribution >= 0.6 is 0 Å². The van der Waals surface area contributed by atoms with Gasteiger partial charge in [-0.1, -0.05) is 12.1 Å². The zero-order valence-electron chi connectivity index (χ0n) is 7.01. The fourth-order valence-electron chi connectivity index (χ4n) is 1.02. The molecule has 0 fully saturated rings. The van der Waals surface area contributed by atoms with E-state index < -0.39 is 0 Å². The van der Waals surface area contributed by atoms with E-state index in [0.717, 1.165) is 11.3 Å². The third-order valence-electron chi connectivity index (χ3n) is 1.64. The van der Waals surface area contributed by atoms with Crippen molar-refractivity contribution < 1.29 is 9.22 Å². The smallest absolute Gasteiger partial charge is 0.119 e. The fraction of sp³-hybridized carbons (Fsp3) is 0.333. The van der Waals surface area contributed by atoms with E-state index in [0.29, 0.717) is 13.0 Å². The molecule has 0 aliphatic rings. The quantitative estimate of drug-likeness (QED) is 0.693. The molecule has 0 spiro atoms. The summed E-state index contributed by atoms with van der Waals surface area (Å²) in [6.07, 6.45) is 0.674. The van der Waals surface area contributed by atoms with Crippen LogP contribution in [-0.4, -0.2) is 13.7 Å². The second-order valence-corrected chi connectivity index (χ2v) is 2.49. The number of methoxy groups -OCH3 is 1. The van der Waals surface area contributed by atoms with E-state index >= 15 is 0 Å². The van der Waals surface area contributed by atoms with Crippen molar-refractivity contribution in [3.05, 3.63) is 29.8 Å². The maximum atomic E-state index is 11.6. The molecule has 0 saturated heterocycles. The lowest BCUT2D eigenvalue weighted by Crippen LogP contribution is -2.05. The number of rotatable bonds is 4. The average molecular weight is 169 g/mol. The van der Waals surface area contributed by atoms with Crippen molar-refractivity contribution in [3.63, 3.8) is 0 Å². The maximum Gasteiger partial charge on any atom is 0.119 e. The zero-order chi connectivity index (χ0) is 8.81. The van der Waals surface area contributed by atoms with Gasteiger partial charge in [-0.25, -0.2) is 0 Å². The highest BCUT2D eigenvalue weighted by Gasteiger charge is 1.94. The SMILES string of the molecule is COc1cccc(CCNF)c1. The van der Waals surface area contributed by atoms with Crippen molar-refractivity contribution in [2.24, 2.45) is 0 Å². The molecule has 0 radical (unpaired) electrons. The summed E-state index contributed by atoms with van der Waals surface area (Å²) in [5.41, 5.74) is 2.68. The Morgan fingerprint density at radius 2 is 2.33 bits per heavy atom. The van der Waals surface area contributed by atoms with Crippen LogP contribution in [0.25, 0.3) is 0 Å². The van der Waals surface area contributed by atoms with Gasteiger partial charge in [0.25, 0.3) is 0 Å². The van der Waals surface area contributed by atoms with Crippen molar-refractivity contribution in [3.8, 4) is 5.75 Å². The molecule has 1 rings (SSSR count). The van der Waals surface area contributed by atoms with E-state index in [1.165, 1.54) is 0 Å². The van der Waals surface area contributed by atoms with Crippen LogP contribution in [0.5, 0.6) is 5.75 Å². The van der Waals surface area contributed by atoms with Crippen molar-refractivity contribution in [1.29, 1.82) is 0 Å². The minimum Gasteiger partial charge on any atom is -0.497 e. The number of nitrogens with one attached hydrogen (secondary N) is 1. The van der Waals surface area contributed by atoms with Gasteiger partial charge in [-0.15, -0.1) is 4.48 Å². The number of benzene rings is 1. The second kappa shape index (κ2) is 4.72. The van der Waals surface area contributed by atoms with Crippen molar-refractivity contribution in [1.82, 2.24) is 5.54 Å². The Labute approximate surface area is 71.3 Å². The summed E-state index contributed by atoms with van der Waals surface area (Å²) in [6.45, 7) is 0.340. The molecule has 1 aromatic rings. The number of hydrogen-bond donors (Lipinski definition) is 1. The summed E-state index contributed by atoms with van der Waals surface area (Å²) < 4.78 is 16.6. The number of ether oxygens (including phenoxy) is 1. The standard InChI is InChI=1S/C9H12FNO/c1-12-9-4-2-3-8(7-9)5-6-11-10/h2-4,7,11H,5-6H2,1H3. The molecular weight excluding hydrogens is 157 g/mol. The number of halogens is 1. The highest BCUT2D eigenvalue weighted by Crippen LogP contribution is 2.12. The highest BCUT2D eigenvalue weighted by atomic mass is 19.2. The van der Waals surface area contributed by atoms with Gasteiger partial charge in [-0.2, -0.15) is 5.54 Å². The van der Waals surface area contributed by atoms with Crippen LogP contribution in [0.3, 0.4) is 0 Å². The minimum absolute atomic E-state index is 0.340. The van der Waals surface area contributed by atoms with Crippen LogP contribution < -0.4 is 10.3 Å². The van der Waals surface area contributed by atoms with Gasteiger partial charge >= 0.3 is 0 Å². The first-order valence-corrected chi connectivity index (χ1v) is 3.83. The molecule has 0 unspecified atom stereocenters. The summed E-state index contributed by atoms with van der Waals surface area (Å²) in [7, 11) is 1.62. The summed E-state index contributed by atoms with van der Waals surface area (Å²) in [6, 6.07) is 7.61. The Hall–Kier alpha value is -1.09. The molecule has 0 bridgehead atoms. The van der Waals surface area contributed by atoms with Crippen LogP contribution in [0.15, 0.2) is 24.3 Å². The van der Waals surface area contributed by atoms with Gasteiger partial charge in [-0.3, -0.25) is 0 Å². The largest absolute Gasteiger partial charge is 0.497 e. The minimum atomic E-state index is 0.340. The van der Waals surface area contributed by atoms with Gasteiger partial charge in [0.15, 0.2) is 0 Å². The zero-order valence-corrected chi connectivity index (χ0v) is 7.01. The predicted molar refractivity (Wildman–Crippen MR) is 45.8 cm³/mol. The molecular formula is C9H12FNO. The Morgan fingerprint density at radius 1 is 1.50 bits per heavy atom. The second-order valence-electron chi connectivity index (χ2n) is 2.49. The molecule has 0 aliphatic heterocycles. The topological polar surface area (TPSA) is 21.3 Å². The molecule has 2 nitrogen and oxygen atoms in total. The van der Waals surface area contributed by atoms with E-state index in [9.17, 15) is 4.48 Å². The van der Waals surface area contributed by atoms with E-state index in [1.807, 2.05) is 24.3 Å². The van der Waals surface area contributed by atoms with Crippen LogP contribution in [0, 0.1) is 0 Å². The van der Waals surface area contributed by atoms with Crippen LogP contribution in [-0.2, 0) is 6.42 Å². The molecule has 0 heterocycles. The first-order chi connectivity index (χ1) is 5.86. The van der Waals surface area contributed by atoms with Gasteiger partial charge < -0.3 is 4.74 Å². The number of hydrogen-bond acceptors (Lipinski definition) is 2. The average Bonchev–Trinajstić information content (AvgIpc) is 2.15. The molecule has 3 heteroatoms. The van der Waals surface area contributed by atoms with Crippen LogP contribution in [0.2, 0.25) is 0 Å². The Morgan fingerprint density at radius 3 is 3.00 bits per heavy atom.